The van der Waals surface area contributed by atoms with Gasteiger partial charge in [-0.15, -0.1) is 0 Å². The number of halogens is 5. The predicted molar refractivity (Wildman–Crippen MR) is 70.9 cm³/mol. The van der Waals surface area contributed by atoms with E-state index >= 15 is 0 Å². The van der Waals surface area contributed by atoms with E-state index in [1.54, 1.807) is 6.92 Å². The van der Waals surface area contributed by atoms with E-state index in [-0.39, 0.29) is 11.3 Å². The fraction of sp³-hybridized carbons (Fsp3) is 0.923. The monoisotopic (exact) mass is 315 g/mol. The van der Waals surface area contributed by atoms with E-state index in [0.717, 1.165) is 25.7 Å². The fourth-order valence-corrected chi connectivity index (χ4v) is 2.28. The first-order valence-corrected chi connectivity index (χ1v) is 7.29. The molecule has 1 aliphatic heterocycles. The minimum absolute atomic E-state index is 0.0380. The molecule has 0 amide bonds. The summed E-state index contributed by atoms with van der Waals surface area (Å²) in [7, 11) is 0. The number of rotatable bonds is 8. The van der Waals surface area contributed by atoms with Crippen LogP contribution in [-0.4, -0.2) is 41.2 Å². The maximum absolute atomic E-state index is 13.5. The number of unbranched alkanes of at least 4 members (excludes halogenated alkanes) is 3. The van der Waals surface area contributed by atoms with Gasteiger partial charge in [0.25, 0.3) is 0 Å². The van der Waals surface area contributed by atoms with E-state index in [2.05, 4.69) is 5.10 Å². The highest BCUT2D eigenvalue weighted by atomic mass is 19.4. The molecule has 124 valence electrons. The molecule has 1 unspecified atom stereocenters. The predicted octanol–water partition coefficient (Wildman–Crippen LogP) is 4.41. The SMILES string of the molecule is CCCCCCN1N=CN(C(F)(F)C(F)(F)F)C1CCC. The normalized spacial score (nSPS) is 19.7. The van der Waals surface area contributed by atoms with Crippen LogP contribution in [0.5, 0.6) is 0 Å². The van der Waals surface area contributed by atoms with Crippen LogP contribution < -0.4 is 0 Å². The highest BCUT2D eigenvalue weighted by Crippen LogP contribution is 2.41. The van der Waals surface area contributed by atoms with Crippen LogP contribution >= 0.6 is 0 Å². The van der Waals surface area contributed by atoms with Gasteiger partial charge in [0.05, 0.1) is 0 Å². The van der Waals surface area contributed by atoms with E-state index in [0.29, 0.717) is 19.3 Å². The zero-order valence-electron chi connectivity index (χ0n) is 12.3. The Labute approximate surface area is 121 Å². The molecule has 0 saturated heterocycles. The summed E-state index contributed by atoms with van der Waals surface area (Å²) < 4.78 is 64.5. The third-order valence-corrected chi connectivity index (χ3v) is 3.44. The van der Waals surface area contributed by atoms with Gasteiger partial charge < -0.3 is 0 Å². The van der Waals surface area contributed by atoms with E-state index in [1.807, 2.05) is 6.92 Å². The molecule has 8 heteroatoms. The Balaban J connectivity index is 2.73. The smallest absolute Gasteiger partial charge is 0.273 e. The van der Waals surface area contributed by atoms with Crippen molar-refractivity contribution in [1.82, 2.24) is 9.91 Å². The summed E-state index contributed by atoms with van der Waals surface area (Å²) in [6.45, 7) is 4.18. The number of nitrogens with zero attached hydrogens (tertiary/aromatic N) is 3. The summed E-state index contributed by atoms with van der Waals surface area (Å²) in [4.78, 5) is 0.0380. The zero-order chi connectivity index (χ0) is 16.1. The third-order valence-electron chi connectivity index (χ3n) is 3.44. The van der Waals surface area contributed by atoms with E-state index in [9.17, 15) is 22.0 Å². The van der Waals surface area contributed by atoms with Gasteiger partial charge in [-0.1, -0.05) is 39.5 Å². The van der Waals surface area contributed by atoms with Gasteiger partial charge in [0.1, 0.15) is 12.5 Å². The molecule has 0 aromatic heterocycles. The number of hydrogen-bond acceptors (Lipinski definition) is 3. The van der Waals surface area contributed by atoms with Crippen molar-refractivity contribution in [2.45, 2.75) is 70.8 Å². The summed E-state index contributed by atoms with van der Waals surface area (Å²) in [5, 5.41) is 5.09. The average Bonchev–Trinajstić information content (AvgIpc) is 2.77. The van der Waals surface area contributed by atoms with Crippen LogP contribution in [0.15, 0.2) is 5.10 Å². The number of alkyl halides is 5. The highest BCUT2D eigenvalue weighted by Gasteiger charge is 2.64. The Hall–Kier alpha value is -1.08. The van der Waals surface area contributed by atoms with Crippen LogP contribution in [0.25, 0.3) is 0 Å². The van der Waals surface area contributed by atoms with E-state index in [4.69, 9.17) is 0 Å². The molecule has 0 aliphatic carbocycles. The molecule has 0 spiro atoms. The van der Waals surface area contributed by atoms with Crippen molar-refractivity contribution in [1.29, 1.82) is 0 Å². The maximum atomic E-state index is 13.5. The first kappa shape index (κ1) is 18.0. The zero-order valence-corrected chi connectivity index (χ0v) is 12.3. The fourth-order valence-electron chi connectivity index (χ4n) is 2.28. The molecule has 0 aromatic carbocycles. The number of hydrogen-bond donors (Lipinski definition) is 0. The van der Waals surface area contributed by atoms with Gasteiger partial charge in [-0.3, -0.25) is 9.91 Å². The van der Waals surface area contributed by atoms with Gasteiger partial charge in [0.15, 0.2) is 0 Å². The Bertz CT molecular complexity index is 343. The van der Waals surface area contributed by atoms with E-state index < -0.39 is 18.4 Å². The van der Waals surface area contributed by atoms with Gasteiger partial charge >= 0.3 is 12.2 Å². The van der Waals surface area contributed by atoms with E-state index in [1.165, 1.54) is 5.01 Å². The summed E-state index contributed by atoms with van der Waals surface area (Å²) in [5.74, 6) is 0. The van der Waals surface area contributed by atoms with Crippen LogP contribution in [0.3, 0.4) is 0 Å². The molecule has 0 fully saturated rings. The Morgan fingerprint density at radius 3 is 2.19 bits per heavy atom. The van der Waals surface area contributed by atoms with Gasteiger partial charge in [-0.2, -0.15) is 27.1 Å². The van der Waals surface area contributed by atoms with Gasteiger partial charge in [0, 0.05) is 6.54 Å². The Morgan fingerprint density at radius 2 is 1.67 bits per heavy atom. The second-order valence-corrected chi connectivity index (χ2v) is 5.17. The van der Waals surface area contributed by atoms with Gasteiger partial charge in [0.2, 0.25) is 0 Å². The van der Waals surface area contributed by atoms with Crippen LogP contribution in [0.1, 0.15) is 52.4 Å². The Morgan fingerprint density at radius 1 is 1.00 bits per heavy atom. The van der Waals surface area contributed by atoms with Crippen molar-refractivity contribution in [2.24, 2.45) is 5.10 Å². The second-order valence-electron chi connectivity index (χ2n) is 5.17. The third kappa shape index (κ3) is 4.20. The average molecular weight is 315 g/mol. The van der Waals surface area contributed by atoms with Crippen LogP contribution in [0.4, 0.5) is 22.0 Å². The van der Waals surface area contributed by atoms with Crippen molar-refractivity contribution in [2.75, 3.05) is 6.54 Å². The topological polar surface area (TPSA) is 18.8 Å². The first-order valence-electron chi connectivity index (χ1n) is 7.29. The lowest BCUT2D eigenvalue weighted by molar-refractivity contribution is -0.334. The number of hydrazone groups is 1. The molecule has 1 heterocycles. The van der Waals surface area contributed by atoms with Gasteiger partial charge in [-0.25, -0.2) is 0 Å². The summed E-state index contributed by atoms with van der Waals surface area (Å²) in [6.07, 6.45) is -1.62. The molecule has 0 bridgehead atoms. The van der Waals surface area contributed by atoms with Crippen molar-refractivity contribution in [3.05, 3.63) is 0 Å². The van der Waals surface area contributed by atoms with Crippen LogP contribution in [-0.2, 0) is 0 Å². The quantitative estimate of drug-likeness (QED) is 0.375. The summed E-state index contributed by atoms with van der Waals surface area (Å²) in [6, 6.07) is -4.89. The van der Waals surface area contributed by atoms with Crippen molar-refractivity contribution in [3.63, 3.8) is 0 Å². The lowest BCUT2D eigenvalue weighted by Gasteiger charge is -2.36. The van der Waals surface area contributed by atoms with Crippen molar-refractivity contribution < 1.29 is 22.0 Å². The molecule has 21 heavy (non-hydrogen) atoms. The molecule has 3 nitrogen and oxygen atoms in total. The summed E-state index contributed by atoms with van der Waals surface area (Å²) in [5.41, 5.74) is 0. The molecule has 0 N–H and O–H groups in total. The standard InChI is InChI=1S/C13H22F5N3/c1-3-5-6-7-9-21-11(8-4-2)20(10-19-21)13(17,18)12(14,15)16/h10-11H,3-9H2,1-2H3. The van der Waals surface area contributed by atoms with Crippen molar-refractivity contribution >= 4 is 6.34 Å². The maximum Gasteiger partial charge on any atom is 0.475 e. The molecule has 0 aromatic rings. The molecule has 0 radical (unpaired) electrons. The van der Waals surface area contributed by atoms with Gasteiger partial charge in [-0.05, 0) is 12.8 Å². The Kier molecular flexibility index (Phi) is 6.22. The molecule has 1 atom stereocenters. The first-order chi connectivity index (χ1) is 9.75. The minimum Gasteiger partial charge on any atom is -0.273 e. The molecular weight excluding hydrogens is 293 g/mol. The largest absolute Gasteiger partial charge is 0.475 e. The minimum atomic E-state index is -5.61. The summed E-state index contributed by atoms with van der Waals surface area (Å²) >= 11 is 0. The van der Waals surface area contributed by atoms with Crippen molar-refractivity contribution in [3.8, 4) is 0 Å². The molecule has 1 rings (SSSR count). The van der Waals surface area contributed by atoms with Crippen LogP contribution in [0, 0.1) is 0 Å². The van der Waals surface area contributed by atoms with Crippen LogP contribution in [0.2, 0.25) is 0 Å². The molecule has 0 saturated carbocycles. The highest BCUT2D eigenvalue weighted by molar-refractivity contribution is 5.58. The molecular formula is C13H22F5N3. The lowest BCUT2D eigenvalue weighted by atomic mass is 10.2. The molecule has 1 aliphatic rings. The second kappa shape index (κ2) is 7.26. The lowest BCUT2D eigenvalue weighted by Crippen LogP contribution is -2.56.